The molecule has 0 saturated carbocycles. The van der Waals surface area contributed by atoms with Crippen LogP contribution in [0.5, 0.6) is 0 Å². The van der Waals surface area contributed by atoms with Crippen LogP contribution in [0.25, 0.3) is 0 Å². The first-order valence-electron chi connectivity index (χ1n) is 26.8. The number of esters is 3. The minimum absolute atomic E-state index is 0.0870. The maximum atomic E-state index is 12.8. The van der Waals surface area contributed by atoms with E-state index in [1.54, 1.807) is 0 Å². The van der Waals surface area contributed by atoms with Gasteiger partial charge >= 0.3 is 17.9 Å². The van der Waals surface area contributed by atoms with Gasteiger partial charge in [-0.2, -0.15) is 0 Å². The highest BCUT2D eigenvalue weighted by Crippen LogP contribution is 2.14. The van der Waals surface area contributed by atoms with Crippen molar-refractivity contribution in [3.05, 3.63) is 60.8 Å². The lowest BCUT2D eigenvalue weighted by Crippen LogP contribution is -2.30. The van der Waals surface area contributed by atoms with Crippen molar-refractivity contribution < 1.29 is 28.6 Å². The smallest absolute Gasteiger partial charge is 0.306 e. The summed E-state index contributed by atoms with van der Waals surface area (Å²) in [6, 6.07) is 0. The normalized spacial score (nSPS) is 12.5. The number of carbonyl (C=O) groups excluding carboxylic acids is 3. The van der Waals surface area contributed by atoms with Crippen molar-refractivity contribution in [3.8, 4) is 0 Å². The summed E-state index contributed by atoms with van der Waals surface area (Å²) in [7, 11) is 0. The maximum absolute atomic E-state index is 12.8. The Kier molecular flexibility index (Phi) is 49.4. The summed E-state index contributed by atoms with van der Waals surface area (Å²) in [6.07, 6.45) is 63.4. The number of carbonyl (C=O) groups is 3. The highest BCUT2D eigenvalue weighted by atomic mass is 16.6. The Labute approximate surface area is 390 Å². The van der Waals surface area contributed by atoms with Crippen LogP contribution in [-0.4, -0.2) is 37.2 Å². The third-order valence-electron chi connectivity index (χ3n) is 11.5. The number of allylic oxidation sites excluding steroid dienone is 10. The molecule has 0 bridgehead atoms. The standard InChI is InChI=1S/C57H100O6/c1-4-7-10-13-16-19-22-25-28-31-34-37-40-43-46-49-55(58)61-52-54(63-57(60)51-48-45-42-39-36-33-30-27-24-21-18-15-12-9-6-3)53-62-56(59)50-47-44-41-38-35-32-29-26-23-20-17-14-11-8-5-2/h7,10,16,19,25-30,54H,4-6,8-9,11-15,17-18,20-24,31-53H2,1-3H3. The third-order valence-corrected chi connectivity index (χ3v) is 11.5. The Morgan fingerprint density at radius 2 is 0.619 bits per heavy atom. The van der Waals surface area contributed by atoms with Gasteiger partial charge in [0.25, 0.3) is 0 Å². The van der Waals surface area contributed by atoms with Crippen LogP contribution in [0.15, 0.2) is 60.8 Å². The molecule has 0 amide bonds. The average Bonchev–Trinajstić information content (AvgIpc) is 3.28. The fraction of sp³-hybridized carbons (Fsp3) is 0.772. The number of hydrogen-bond acceptors (Lipinski definition) is 6. The molecule has 0 aliphatic rings. The van der Waals surface area contributed by atoms with Gasteiger partial charge in [-0.25, -0.2) is 0 Å². The van der Waals surface area contributed by atoms with Crippen LogP contribution in [0.1, 0.15) is 265 Å². The van der Waals surface area contributed by atoms with E-state index in [0.29, 0.717) is 19.3 Å². The van der Waals surface area contributed by atoms with E-state index in [9.17, 15) is 14.4 Å². The maximum Gasteiger partial charge on any atom is 0.306 e. The quantitative estimate of drug-likeness (QED) is 0.0262. The zero-order valence-electron chi connectivity index (χ0n) is 41.6. The molecule has 0 rings (SSSR count). The first-order chi connectivity index (χ1) is 31.0. The molecule has 0 aliphatic heterocycles. The summed E-state index contributed by atoms with van der Waals surface area (Å²) < 4.78 is 16.8. The summed E-state index contributed by atoms with van der Waals surface area (Å²) in [5.74, 6) is -0.915. The molecule has 0 aromatic carbocycles. The van der Waals surface area contributed by atoms with Gasteiger partial charge in [0.15, 0.2) is 6.10 Å². The number of unbranched alkanes of at least 4 members (excludes halogenated alkanes) is 27. The van der Waals surface area contributed by atoms with Gasteiger partial charge in [0, 0.05) is 19.3 Å². The van der Waals surface area contributed by atoms with Crippen molar-refractivity contribution in [2.45, 2.75) is 271 Å². The lowest BCUT2D eigenvalue weighted by Gasteiger charge is -2.18. The lowest BCUT2D eigenvalue weighted by molar-refractivity contribution is -0.167. The first kappa shape index (κ1) is 60.1. The minimum atomic E-state index is -0.788. The monoisotopic (exact) mass is 881 g/mol. The van der Waals surface area contributed by atoms with Crippen molar-refractivity contribution in [3.63, 3.8) is 0 Å². The van der Waals surface area contributed by atoms with Gasteiger partial charge in [-0.05, 0) is 103 Å². The second-order valence-electron chi connectivity index (χ2n) is 17.7. The fourth-order valence-corrected chi connectivity index (χ4v) is 7.45. The minimum Gasteiger partial charge on any atom is -0.462 e. The summed E-state index contributed by atoms with van der Waals surface area (Å²) >= 11 is 0. The summed E-state index contributed by atoms with van der Waals surface area (Å²) in [5.41, 5.74) is 0. The molecule has 0 spiro atoms. The summed E-state index contributed by atoms with van der Waals surface area (Å²) in [5, 5.41) is 0. The Hall–Kier alpha value is -2.89. The zero-order chi connectivity index (χ0) is 45.8. The van der Waals surface area contributed by atoms with E-state index < -0.39 is 6.10 Å². The molecule has 0 N–H and O–H groups in total. The van der Waals surface area contributed by atoms with Crippen molar-refractivity contribution in [2.75, 3.05) is 13.2 Å². The first-order valence-corrected chi connectivity index (χ1v) is 26.8. The van der Waals surface area contributed by atoms with Gasteiger partial charge in [0.05, 0.1) is 0 Å². The van der Waals surface area contributed by atoms with Gasteiger partial charge in [-0.1, -0.05) is 204 Å². The van der Waals surface area contributed by atoms with Crippen LogP contribution in [0, 0.1) is 0 Å². The average molecular weight is 881 g/mol. The number of ether oxygens (including phenoxy) is 3. The molecule has 1 unspecified atom stereocenters. The molecule has 0 aromatic rings. The van der Waals surface area contributed by atoms with Crippen molar-refractivity contribution in [2.24, 2.45) is 0 Å². The molecule has 0 fully saturated rings. The molecule has 1 atom stereocenters. The molecular formula is C57H100O6. The van der Waals surface area contributed by atoms with E-state index in [1.807, 2.05) is 0 Å². The van der Waals surface area contributed by atoms with Crippen LogP contribution in [-0.2, 0) is 28.6 Å². The van der Waals surface area contributed by atoms with E-state index in [0.717, 1.165) is 116 Å². The second-order valence-corrected chi connectivity index (χ2v) is 17.7. The van der Waals surface area contributed by atoms with E-state index in [4.69, 9.17) is 14.2 Å². The molecule has 0 aliphatic carbocycles. The molecular weight excluding hydrogens is 781 g/mol. The zero-order valence-corrected chi connectivity index (χ0v) is 41.6. The molecule has 0 radical (unpaired) electrons. The highest BCUT2D eigenvalue weighted by Gasteiger charge is 2.19. The molecule has 63 heavy (non-hydrogen) atoms. The van der Waals surface area contributed by atoms with Crippen molar-refractivity contribution in [1.82, 2.24) is 0 Å². The molecule has 0 heterocycles. The van der Waals surface area contributed by atoms with Gasteiger partial charge < -0.3 is 14.2 Å². The Bertz CT molecular complexity index is 1150. The number of hydrogen-bond donors (Lipinski definition) is 0. The van der Waals surface area contributed by atoms with E-state index in [1.165, 1.54) is 109 Å². The summed E-state index contributed by atoms with van der Waals surface area (Å²) in [4.78, 5) is 38.0. The van der Waals surface area contributed by atoms with Gasteiger partial charge in [0.2, 0.25) is 0 Å². The highest BCUT2D eigenvalue weighted by molar-refractivity contribution is 5.71. The Morgan fingerprint density at radius 1 is 0.333 bits per heavy atom. The molecule has 0 saturated heterocycles. The van der Waals surface area contributed by atoms with Crippen LogP contribution in [0.3, 0.4) is 0 Å². The van der Waals surface area contributed by atoms with E-state index >= 15 is 0 Å². The Balaban J connectivity index is 4.42. The lowest BCUT2D eigenvalue weighted by atomic mass is 10.1. The van der Waals surface area contributed by atoms with Crippen LogP contribution < -0.4 is 0 Å². The predicted octanol–water partition coefficient (Wildman–Crippen LogP) is 17.6. The number of rotatable bonds is 48. The van der Waals surface area contributed by atoms with Gasteiger partial charge in [-0.3, -0.25) is 14.4 Å². The third kappa shape index (κ3) is 50.0. The van der Waals surface area contributed by atoms with Crippen molar-refractivity contribution >= 4 is 17.9 Å². The fourth-order valence-electron chi connectivity index (χ4n) is 7.45. The molecule has 0 aromatic heterocycles. The second kappa shape index (κ2) is 51.7. The van der Waals surface area contributed by atoms with E-state index in [-0.39, 0.29) is 31.1 Å². The van der Waals surface area contributed by atoms with Crippen molar-refractivity contribution in [1.29, 1.82) is 0 Å². The Morgan fingerprint density at radius 3 is 0.984 bits per heavy atom. The molecule has 6 nitrogen and oxygen atoms in total. The van der Waals surface area contributed by atoms with Gasteiger partial charge in [0.1, 0.15) is 13.2 Å². The SMILES string of the molecule is CCC=CCC=CCC=CCCCCCCCC(=O)OCC(COC(=O)CCCCCCCC=CCCCCCCCC)OC(=O)CCCCCCCC=CCCCCCCCC. The van der Waals surface area contributed by atoms with Crippen LogP contribution in [0.2, 0.25) is 0 Å². The van der Waals surface area contributed by atoms with Crippen LogP contribution >= 0.6 is 0 Å². The largest absolute Gasteiger partial charge is 0.462 e. The van der Waals surface area contributed by atoms with Gasteiger partial charge in [-0.15, -0.1) is 0 Å². The predicted molar refractivity (Wildman–Crippen MR) is 270 cm³/mol. The van der Waals surface area contributed by atoms with E-state index in [2.05, 4.69) is 81.5 Å². The van der Waals surface area contributed by atoms with Crippen LogP contribution in [0.4, 0.5) is 0 Å². The summed E-state index contributed by atoms with van der Waals surface area (Å²) in [6.45, 7) is 6.50. The topological polar surface area (TPSA) is 78.9 Å². The molecule has 6 heteroatoms. The molecule has 364 valence electrons.